The van der Waals surface area contributed by atoms with Crippen molar-refractivity contribution in [3.8, 4) is 0 Å². The van der Waals surface area contributed by atoms with Crippen molar-refractivity contribution in [2.75, 3.05) is 7.11 Å². The number of ether oxygens (including phenoxy) is 2. The standard InChI is InChI=1S/C29H38N2O8S/c1-19(2)25(31-28(35)39-29(3,4)5)26(33)23(40(36,37)21-15-11-8-12-16-21)18-24(32)30-22(27(34)38-6)17-20-13-9-7-10-14-20/h7-16,19,22-23,25H,17-18H2,1-6H3,(H,30,32)(H,31,35)/t22?,23?,25-/m0/s1. The molecule has 2 aromatic carbocycles. The first kappa shape index (κ1) is 32.5. The number of carbonyl (C=O) groups is 4. The Morgan fingerprint density at radius 2 is 1.43 bits per heavy atom. The predicted octanol–water partition coefficient (Wildman–Crippen LogP) is 3.24. The molecule has 2 unspecified atom stereocenters. The highest BCUT2D eigenvalue weighted by atomic mass is 32.2. The molecule has 2 N–H and O–H groups in total. The molecule has 0 aliphatic rings. The number of ketones is 1. The quantitative estimate of drug-likeness (QED) is 0.368. The van der Waals surface area contributed by atoms with Gasteiger partial charge in [-0.3, -0.25) is 9.59 Å². The van der Waals surface area contributed by atoms with E-state index in [4.69, 9.17) is 9.47 Å². The van der Waals surface area contributed by atoms with Gasteiger partial charge in [-0.05, 0) is 44.4 Å². The van der Waals surface area contributed by atoms with E-state index in [0.717, 1.165) is 5.56 Å². The molecule has 2 amide bonds. The highest BCUT2D eigenvalue weighted by molar-refractivity contribution is 7.92. The Balaban J connectivity index is 2.41. The number of Topliss-reactive ketones (excluding diaryl/α,β-unsaturated/α-hetero) is 1. The van der Waals surface area contributed by atoms with Crippen LogP contribution in [0.15, 0.2) is 65.6 Å². The molecule has 40 heavy (non-hydrogen) atoms. The van der Waals surface area contributed by atoms with Gasteiger partial charge < -0.3 is 20.1 Å². The molecule has 0 saturated carbocycles. The van der Waals surface area contributed by atoms with E-state index in [1.807, 2.05) is 0 Å². The van der Waals surface area contributed by atoms with Gasteiger partial charge in [-0.25, -0.2) is 18.0 Å². The Hall–Kier alpha value is -3.73. The molecule has 0 fully saturated rings. The average molecular weight is 575 g/mol. The van der Waals surface area contributed by atoms with Gasteiger partial charge in [0.15, 0.2) is 15.6 Å². The normalized spacial score (nSPS) is 14.0. The highest BCUT2D eigenvalue weighted by Crippen LogP contribution is 2.23. The molecule has 0 saturated heterocycles. The van der Waals surface area contributed by atoms with Gasteiger partial charge in [0.05, 0.1) is 24.5 Å². The summed E-state index contributed by atoms with van der Waals surface area (Å²) in [6, 6.07) is 13.8. The zero-order valence-corrected chi connectivity index (χ0v) is 24.5. The minimum absolute atomic E-state index is 0.0954. The molecule has 0 spiro atoms. The van der Waals surface area contributed by atoms with Crippen LogP contribution in [0.25, 0.3) is 0 Å². The van der Waals surface area contributed by atoms with Gasteiger partial charge in [0.1, 0.15) is 16.9 Å². The summed E-state index contributed by atoms with van der Waals surface area (Å²) in [7, 11) is -3.21. The van der Waals surface area contributed by atoms with E-state index < -0.39 is 68.9 Å². The van der Waals surface area contributed by atoms with Crippen LogP contribution in [0.1, 0.15) is 46.6 Å². The fraction of sp³-hybridized carbons (Fsp3) is 0.448. The van der Waals surface area contributed by atoms with Crippen LogP contribution in [-0.4, -0.2) is 62.2 Å². The molecule has 0 heterocycles. The SMILES string of the molecule is COC(=O)C(Cc1ccccc1)NC(=O)CC(C(=O)[C@@H](NC(=O)OC(C)(C)C)C(C)C)S(=O)(=O)c1ccccc1. The topological polar surface area (TPSA) is 145 Å². The van der Waals surface area contributed by atoms with Crippen molar-refractivity contribution < 1.29 is 37.1 Å². The lowest BCUT2D eigenvalue weighted by Gasteiger charge is -2.28. The van der Waals surface area contributed by atoms with Crippen molar-refractivity contribution in [1.82, 2.24) is 10.6 Å². The first-order valence-electron chi connectivity index (χ1n) is 12.9. The lowest BCUT2D eigenvalue weighted by atomic mass is 9.96. The Morgan fingerprint density at radius 3 is 1.93 bits per heavy atom. The summed E-state index contributed by atoms with van der Waals surface area (Å²) in [5.41, 5.74) is -0.115. The number of benzene rings is 2. The Labute approximate surface area is 235 Å². The lowest BCUT2D eigenvalue weighted by Crippen LogP contribution is -2.53. The summed E-state index contributed by atoms with van der Waals surface area (Å²) in [6.45, 7) is 8.23. The fourth-order valence-corrected chi connectivity index (χ4v) is 5.63. The molecular weight excluding hydrogens is 536 g/mol. The number of carbonyl (C=O) groups excluding carboxylic acids is 4. The summed E-state index contributed by atoms with van der Waals surface area (Å²) in [5.74, 6) is -2.98. The Kier molecular flexibility index (Phi) is 11.4. The highest BCUT2D eigenvalue weighted by Gasteiger charge is 2.41. The van der Waals surface area contributed by atoms with Crippen LogP contribution in [0.5, 0.6) is 0 Å². The van der Waals surface area contributed by atoms with Crippen molar-refractivity contribution in [2.45, 2.75) is 75.3 Å². The van der Waals surface area contributed by atoms with E-state index in [1.54, 1.807) is 71.0 Å². The lowest BCUT2D eigenvalue weighted by molar-refractivity contribution is -0.145. The van der Waals surface area contributed by atoms with Crippen LogP contribution in [0.3, 0.4) is 0 Å². The van der Waals surface area contributed by atoms with E-state index >= 15 is 0 Å². The van der Waals surface area contributed by atoms with Crippen LogP contribution in [0.4, 0.5) is 4.79 Å². The van der Waals surface area contributed by atoms with Crippen LogP contribution < -0.4 is 10.6 Å². The molecule has 0 aromatic heterocycles. The van der Waals surface area contributed by atoms with Crippen molar-refractivity contribution in [1.29, 1.82) is 0 Å². The number of alkyl carbamates (subject to hydrolysis) is 1. The molecule has 218 valence electrons. The first-order chi connectivity index (χ1) is 18.7. The van der Waals surface area contributed by atoms with E-state index in [9.17, 15) is 27.6 Å². The second-order valence-corrected chi connectivity index (χ2v) is 12.8. The van der Waals surface area contributed by atoms with Gasteiger partial charge in [0.25, 0.3) is 0 Å². The van der Waals surface area contributed by atoms with Gasteiger partial charge in [-0.1, -0.05) is 62.4 Å². The van der Waals surface area contributed by atoms with Crippen molar-refractivity contribution in [3.05, 3.63) is 66.2 Å². The van der Waals surface area contributed by atoms with E-state index in [1.165, 1.54) is 31.4 Å². The number of rotatable bonds is 12. The average Bonchev–Trinajstić information content (AvgIpc) is 2.89. The van der Waals surface area contributed by atoms with Gasteiger partial charge in [0, 0.05) is 6.42 Å². The zero-order valence-electron chi connectivity index (χ0n) is 23.7. The number of nitrogens with one attached hydrogen (secondary N) is 2. The molecule has 2 aromatic rings. The maximum absolute atomic E-state index is 13.8. The predicted molar refractivity (Wildman–Crippen MR) is 149 cm³/mol. The molecular formula is C29H38N2O8S. The number of sulfone groups is 1. The largest absolute Gasteiger partial charge is 0.467 e. The van der Waals surface area contributed by atoms with E-state index in [2.05, 4.69) is 10.6 Å². The molecule has 11 heteroatoms. The summed E-state index contributed by atoms with van der Waals surface area (Å²) in [6.07, 6.45) is -1.58. The number of methoxy groups -OCH3 is 1. The summed E-state index contributed by atoms with van der Waals surface area (Å²) in [4.78, 5) is 51.8. The maximum atomic E-state index is 13.8. The molecule has 0 bridgehead atoms. The van der Waals surface area contributed by atoms with Crippen LogP contribution in [0.2, 0.25) is 0 Å². The fourth-order valence-electron chi connectivity index (χ4n) is 3.95. The number of amides is 2. The third-order valence-corrected chi connectivity index (χ3v) is 7.96. The van der Waals surface area contributed by atoms with Crippen LogP contribution >= 0.6 is 0 Å². The first-order valence-corrected chi connectivity index (χ1v) is 14.4. The summed E-state index contributed by atoms with van der Waals surface area (Å²) in [5, 5.41) is 3.14. The summed E-state index contributed by atoms with van der Waals surface area (Å²) >= 11 is 0. The monoisotopic (exact) mass is 574 g/mol. The molecule has 0 aliphatic heterocycles. The van der Waals surface area contributed by atoms with Gasteiger partial charge in [-0.15, -0.1) is 0 Å². The van der Waals surface area contributed by atoms with E-state index in [0.29, 0.717) is 0 Å². The number of esters is 1. The summed E-state index contributed by atoms with van der Waals surface area (Å²) < 4.78 is 37.5. The minimum Gasteiger partial charge on any atom is -0.467 e. The van der Waals surface area contributed by atoms with Crippen LogP contribution in [-0.2, 0) is 40.1 Å². The number of hydrogen-bond acceptors (Lipinski definition) is 8. The van der Waals surface area contributed by atoms with Crippen LogP contribution in [0, 0.1) is 5.92 Å². The van der Waals surface area contributed by atoms with Crippen molar-refractivity contribution in [3.63, 3.8) is 0 Å². The maximum Gasteiger partial charge on any atom is 0.408 e. The number of hydrogen-bond donors (Lipinski definition) is 2. The molecule has 10 nitrogen and oxygen atoms in total. The smallest absolute Gasteiger partial charge is 0.408 e. The molecule has 2 rings (SSSR count). The molecule has 3 atom stereocenters. The Bertz CT molecular complexity index is 1270. The van der Waals surface area contributed by atoms with Gasteiger partial charge in [0.2, 0.25) is 5.91 Å². The molecule has 0 radical (unpaired) electrons. The minimum atomic E-state index is -4.38. The third-order valence-electron chi connectivity index (χ3n) is 5.88. The van der Waals surface area contributed by atoms with Gasteiger partial charge >= 0.3 is 12.1 Å². The van der Waals surface area contributed by atoms with Gasteiger partial charge in [-0.2, -0.15) is 0 Å². The second kappa shape index (κ2) is 14.1. The van der Waals surface area contributed by atoms with Crippen molar-refractivity contribution >= 4 is 33.6 Å². The zero-order chi connectivity index (χ0) is 30.1. The third kappa shape index (κ3) is 9.48. The second-order valence-electron chi connectivity index (χ2n) is 10.7. The van der Waals surface area contributed by atoms with E-state index in [-0.39, 0.29) is 11.3 Å². The molecule has 0 aliphatic carbocycles. The van der Waals surface area contributed by atoms with Crippen molar-refractivity contribution in [2.24, 2.45) is 5.92 Å². The Morgan fingerprint density at radius 1 is 0.875 bits per heavy atom.